The van der Waals surface area contributed by atoms with E-state index in [4.69, 9.17) is 9.47 Å². The van der Waals surface area contributed by atoms with Crippen LogP contribution in [0.15, 0.2) is 12.7 Å². The summed E-state index contributed by atoms with van der Waals surface area (Å²) in [5.74, 6) is -2.13. The maximum absolute atomic E-state index is 12.6. The predicted molar refractivity (Wildman–Crippen MR) is 102 cm³/mol. The second-order valence-corrected chi connectivity index (χ2v) is 8.10. The van der Waals surface area contributed by atoms with Gasteiger partial charge in [-0.15, -0.1) is 6.58 Å². The number of alkyl carbamates (subject to hydrolysis) is 1. The van der Waals surface area contributed by atoms with Gasteiger partial charge in [0, 0.05) is 0 Å². The van der Waals surface area contributed by atoms with Crippen LogP contribution in [0.1, 0.15) is 54.4 Å². The summed E-state index contributed by atoms with van der Waals surface area (Å²) in [6, 6.07) is -2.31. The number of hydrogen-bond donors (Lipinski definition) is 2. The van der Waals surface area contributed by atoms with E-state index in [1.807, 2.05) is 0 Å². The molecular formula is C19H32N2O7. The standard InChI is InChI=1S/C19H32N2O7/c1-9-10-12(16(24)26-8)20-15(23)13(11-14(22)27-18(2,3)4)21-17(25)28-19(5,6)7/h9,12-13H,1,10-11H2,2-8H3,(H,20,23)(H,21,25)/t12-,13-/m1/s1. The van der Waals surface area contributed by atoms with Crippen molar-refractivity contribution in [2.45, 2.75) is 77.7 Å². The van der Waals surface area contributed by atoms with E-state index in [-0.39, 0.29) is 6.42 Å². The highest BCUT2D eigenvalue weighted by Crippen LogP contribution is 2.11. The van der Waals surface area contributed by atoms with Crippen LogP contribution in [0, 0.1) is 0 Å². The number of ether oxygens (including phenoxy) is 3. The van der Waals surface area contributed by atoms with Gasteiger partial charge in [0.15, 0.2) is 0 Å². The van der Waals surface area contributed by atoms with E-state index in [0.717, 1.165) is 0 Å². The van der Waals surface area contributed by atoms with Crippen molar-refractivity contribution in [3.05, 3.63) is 12.7 Å². The van der Waals surface area contributed by atoms with Crippen LogP contribution in [0.3, 0.4) is 0 Å². The molecule has 0 bridgehead atoms. The zero-order valence-electron chi connectivity index (χ0n) is 17.7. The molecule has 0 radical (unpaired) electrons. The lowest BCUT2D eigenvalue weighted by molar-refractivity contribution is -0.156. The van der Waals surface area contributed by atoms with Crippen molar-refractivity contribution in [2.24, 2.45) is 0 Å². The molecular weight excluding hydrogens is 368 g/mol. The van der Waals surface area contributed by atoms with Crippen LogP contribution in [-0.4, -0.2) is 54.3 Å². The fraction of sp³-hybridized carbons (Fsp3) is 0.684. The smallest absolute Gasteiger partial charge is 0.408 e. The Kier molecular flexibility index (Phi) is 9.69. The monoisotopic (exact) mass is 400 g/mol. The number of rotatable bonds is 8. The zero-order chi connectivity index (χ0) is 22.1. The van der Waals surface area contributed by atoms with Crippen molar-refractivity contribution in [1.82, 2.24) is 10.6 Å². The maximum atomic E-state index is 12.6. The second-order valence-electron chi connectivity index (χ2n) is 8.10. The van der Waals surface area contributed by atoms with Gasteiger partial charge in [0.1, 0.15) is 23.3 Å². The molecule has 2 N–H and O–H groups in total. The van der Waals surface area contributed by atoms with Gasteiger partial charge in [-0.1, -0.05) is 6.08 Å². The van der Waals surface area contributed by atoms with Crippen molar-refractivity contribution in [1.29, 1.82) is 0 Å². The third-order valence-electron chi connectivity index (χ3n) is 3.00. The first kappa shape index (κ1) is 25.4. The predicted octanol–water partition coefficient (Wildman–Crippen LogP) is 1.85. The molecule has 0 saturated heterocycles. The third kappa shape index (κ3) is 11.2. The molecule has 0 fully saturated rings. The normalized spacial score (nSPS) is 13.5. The molecule has 0 rings (SSSR count). The average molecular weight is 400 g/mol. The molecule has 0 saturated carbocycles. The quantitative estimate of drug-likeness (QED) is 0.362. The molecule has 0 aliphatic heterocycles. The van der Waals surface area contributed by atoms with Gasteiger partial charge in [0.2, 0.25) is 5.91 Å². The minimum Gasteiger partial charge on any atom is -0.467 e. The van der Waals surface area contributed by atoms with Crippen LogP contribution in [0.4, 0.5) is 4.79 Å². The summed E-state index contributed by atoms with van der Waals surface area (Å²) in [6.07, 6.45) is 0.231. The lowest BCUT2D eigenvalue weighted by Crippen LogP contribution is -2.53. The van der Waals surface area contributed by atoms with Gasteiger partial charge < -0.3 is 24.8 Å². The van der Waals surface area contributed by atoms with Gasteiger partial charge in [0.05, 0.1) is 13.5 Å². The summed E-state index contributed by atoms with van der Waals surface area (Å²) in [6.45, 7) is 13.5. The molecule has 0 aromatic carbocycles. The molecule has 0 aromatic rings. The minimum atomic E-state index is -1.30. The number of amides is 2. The SMILES string of the molecule is C=CC[C@@H](NC(=O)[C@@H](CC(=O)OC(C)(C)C)NC(=O)OC(C)(C)C)C(=O)OC. The Hall–Kier alpha value is -2.58. The maximum Gasteiger partial charge on any atom is 0.408 e. The van der Waals surface area contributed by atoms with Crippen molar-refractivity contribution in [3.8, 4) is 0 Å². The highest BCUT2D eigenvalue weighted by Gasteiger charge is 2.31. The van der Waals surface area contributed by atoms with Gasteiger partial charge in [0.25, 0.3) is 0 Å². The number of carbonyl (C=O) groups excluding carboxylic acids is 4. The Labute approximate surface area is 166 Å². The molecule has 0 aliphatic carbocycles. The number of carbonyl (C=O) groups is 4. The van der Waals surface area contributed by atoms with Crippen molar-refractivity contribution in [3.63, 3.8) is 0 Å². The molecule has 0 aromatic heterocycles. The molecule has 9 heteroatoms. The van der Waals surface area contributed by atoms with Crippen LogP contribution >= 0.6 is 0 Å². The molecule has 0 heterocycles. The van der Waals surface area contributed by atoms with Crippen LogP contribution in [0.2, 0.25) is 0 Å². The molecule has 160 valence electrons. The fourth-order valence-electron chi connectivity index (χ4n) is 2.00. The first-order valence-electron chi connectivity index (χ1n) is 8.89. The zero-order valence-corrected chi connectivity index (χ0v) is 17.7. The van der Waals surface area contributed by atoms with Gasteiger partial charge in [-0.05, 0) is 48.0 Å². The molecule has 0 spiro atoms. The van der Waals surface area contributed by atoms with E-state index in [9.17, 15) is 19.2 Å². The first-order chi connectivity index (χ1) is 12.7. The van der Waals surface area contributed by atoms with Gasteiger partial charge in [-0.3, -0.25) is 9.59 Å². The highest BCUT2D eigenvalue weighted by atomic mass is 16.6. The third-order valence-corrected chi connectivity index (χ3v) is 3.00. The first-order valence-corrected chi connectivity index (χ1v) is 8.89. The topological polar surface area (TPSA) is 120 Å². The second kappa shape index (κ2) is 10.7. The minimum absolute atomic E-state index is 0.115. The van der Waals surface area contributed by atoms with E-state index in [1.165, 1.54) is 13.2 Å². The van der Waals surface area contributed by atoms with E-state index in [0.29, 0.717) is 0 Å². The number of methoxy groups -OCH3 is 1. The Morgan fingerprint density at radius 3 is 1.89 bits per heavy atom. The molecule has 0 aliphatic rings. The molecule has 2 atom stereocenters. The van der Waals surface area contributed by atoms with Gasteiger partial charge >= 0.3 is 18.0 Å². The van der Waals surface area contributed by atoms with Gasteiger partial charge in [-0.2, -0.15) is 0 Å². The highest BCUT2D eigenvalue weighted by molar-refractivity contribution is 5.92. The summed E-state index contributed by atoms with van der Waals surface area (Å²) >= 11 is 0. The lowest BCUT2D eigenvalue weighted by Gasteiger charge is -2.25. The Balaban J connectivity index is 5.35. The molecule has 2 amide bonds. The molecule has 0 unspecified atom stereocenters. The van der Waals surface area contributed by atoms with Gasteiger partial charge in [-0.25, -0.2) is 9.59 Å². The summed E-state index contributed by atoms with van der Waals surface area (Å²) < 4.78 is 15.0. The molecule has 28 heavy (non-hydrogen) atoms. The summed E-state index contributed by atoms with van der Waals surface area (Å²) in [7, 11) is 1.18. The van der Waals surface area contributed by atoms with E-state index in [2.05, 4.69) is 21.9 Å². The summed E-state index contributed by atoms with van der Waals surface area (Å²) in [4.78, 5) is 48.6. The Bertz CT molecular complexity index is 558. The van der Waals surface area contributed by atoms with E-state index >= 15 is 0 Å². The lowest BCUT2D eigenvalue weighted by atomic mass is 10.1. The summed E-state index contributed by atoms with van der Waals surface area (Å²) in [5.41, 5.74) is -1.56. The van der Waals surface area contributed by atoms with Crippen molar-refractivity contribution in [2.75, 3.05) is 7.11 Å². The largest absolute Gasteiger partial charge is 0.467 e. The van der Waals surface area contributed by atoms with Crippen LogP contribution in [0.5, 0.6) is 0 Å². The number of nitrogens with one attached hydrogen (secondary N) is 2. The Morgan fingerprint density at radius 2 is 1.46 bits per heavy atom. The van der Waals surface area contributed by atoms with E-state index in [1.54, 1.807) is 41.5 Å². The average Bonchev–Trinajstić information content (AvgIpc) is 2.49. The van der Waals surface area contributed by atoms with Crippen molar-refractivity contribution < 1.29 is 33.4 Å². The number of esters is 2. The summed E-state index contributed by atoms with van der Waals surface area (Å²) in [5, 5.41) is 4.78. The van der Waals surface area contributed by atoms with Crippen LogP contribution in [-0.2, 0) is 28.6 Å². The van der Waals surface area contributed by atoms with Crippen LogP contribution < -0.4 is 10.6 Å². The number of hydrogen-bond acceptors (Lipinski definition) is 7. The molecule has 9 nitrogen and oxygen atoms in total. The van der Waals surface area contributed by atoms with Crippen molar-refractivity contribution >= 4 is 23.9 Å². The van der Waals surface area contributed by atoms with Crippen LogP contribution in [0.25, 0.3) is 0 Å². The fourth-order valence-corrected chi connectivity index (χ4v) is 2.00. The Morgan fingerprint density at radius 1 is 0.929 bits per heavy atom. The van der Waals surface area contributed by atoms with E-state index < -0.39 is 53.6 Å².